The summed E-state index contributed by atoms with van der Waals surface area (Å²) in [5.41, 5.74) is 0.531. The summed E-state index contributed by atoms with van der Waals surface area (Å²) in [7, 11) is 0. The summed E-state index contributed by atoms with van der Waals surface area (Å²) < 4.78 is 0. The van der Waals surface area contributed by atoms with E-state index in [9.17, 15) is 4.79 Å². The van der Waals surface area contributed by atoms with Gasteiger partial charge in [-0.3, -0.25) is 4.79 Å². The molecule has 0 atom stereocenters. The zero-order chi connectivity index (χ0) is 11.6. The number of benzene rings is 1. The van der Waals surface area contributed by atoms with E-state index in [0.29, 0.717) is 15.7 Å². The molecular weight excluding hydrogens is 235 g/mol. The summed E-state index contributed by atoms with van der Waals surface area (Å²) >= 11 is 11.6. The second kappa shape index (κ2) is 4.84. The molecule has 0 saturated heterocycles. The molecule has 3 nitrogen and oxygen atoms in total. The van der Waals surface area contributed by atoms with Crippen LogP contribution in [0.15, 0.2) is 18.2 Å². The molecule has 0 fully saturated rings. The van der Waals surface area contributed by atoms with Crippen molar-refractivity contribution in [2.24, 2.45) is 11.8 Å². The molecule has 1 amide bonds. The molecule has 1 rings (SSSR count). The molecule has 0 aliphatic heterocycles. The van der Waals surface area contributed by atoms with Crippen molar-refractivity contribution in [3.8, 4) is 0 Å². The zero-order valence-corrected chi connectivity index (χ0v) is 10.0. The largest absolute Gasteiger partial charge is 0.273 e. The second-order valence-corrected chi connectivity index (χ2v) is 4.28. The molecule has 0 radical (unpaired) electrons. The minimum absolute atomic E-state index is 0.163. The van der Waals surface area contributed by atoms with Gasteiger partial charge in [0.05, 0.1) is 15.7 Å². The Hall–Kier alpha value is -0.770. The molecule has 1 aromatic carbocycles. The molecule has 2 N–H and O–H groups in total. The molecule has 15 heavy (non-hydrogen) atoms. The number of carbonyl (C=O) groups excluding carboxylic acids is 1. The van der Waals surface area contributed by atoms with Gasteiger partial charge in [0.25, 0.3) is 0 Å². The molecule has 1 aromatic rings. The Labute approximate surface area is 98.7 Å². The van der Waals surface area contributed by atoms with Crippen LogP contribution in [0.2, 0.25) is 10.0 Å². The molecule has 0 aromatic heterocycles. The number of amides is 1. The van der Waals surface area contributed by atoms with Gasteiger partial charge < -0.3 is 0 Å². The van der Waals surface area contributed by atoms with E-state index in [-0.39, 0.29) is 11.8 Å². The van der Waals surface area contributed by atoms with Gasteiger partial charge >= 0.3 is 0 Å². The molecule has 82 valence electrons. The number of anilines is 1. The summed E-state index contributed by atoms with van der Waals surface area (Å²) in [6, 6.07) is 4.81. The SMILES string of the molecule is CC(C)C(=O)N(N)c1ccc(Cl)c(Cl)c1. The third-order valence-corrected chi connectivity index (χ3v) is 2.65. The fraction of sp³-hybridized carbons (Fsp3) is 0.300. The smallest absolute Gasteiger partial charge is 0.243 e. The fourth-order valence-electron chi connectivity index (χ4n) is 1.04. The van der Waals surface area contributed by atoms with E-state index >= 15 is 0 Å². The molecule has 0 aliphatic rings. The van der Waals surface area contributed by atoms with Crippen LogP contribution in [0.5, 0.6) is 0 Å². The van der Waals surface area contributed by atoms with Crippen molar-refractivity contribution in [2.45, 2.75) is 13.8 Å². The van der Waals surface area contributed by atoms with E-state index in [1.165, 1.54) is 0 Å². The molecular formula is C10H12Cl2N2O. The normalized spacial score (nSPS) is 10.5. The quantitative estimate of drug-likeness (QED) is 0.496. The first kappa shape index (κ1) is 12.3. The maximum atomic E-state index is 11.6. The lowest BCUT2D eigenvalue weighted by Crippen LogP contribution is -2.40. The predicted octanol–water partition coefficient (Wildman–Crippen LogP) is 2.86. The molecule has 0 spiro atoms. The molecule has 0 bridgehead atoms. The highest BCUT2D eigenvalue weighted by molar-refractivity contribution is 6.42. The average Bonchev–Trinajstić information content (AvgIpc) is 2.19. The van der Waals surface area contributed by atoms with E-state index in [1.54, 1.807) is 32.0 Å². The molecule has 0 unspecified atom stereocenters. The Morgan fingerprint density at radius 3 is 2.40 bits per heavy atom. The standard InChI is InChI=1S/C10H12Cl2N2O/c1-6(2)10(15)14(13)7-3-4-8(11)9(12)5-7/h3-6H,13H2,1-2H3. The van der Waals surface area contributed by atoms with E-state index in [2.05, 4.69) is 0 Å². The van der Waals surface area contributed by atoms with Gasteiger partial charge in [0.2, 0.25) is 5.91 Å². The van der Waals surface area contributed by atoms with Gasteiger partial charge in [-0.2, -0.15) is 0 Å². The Morgan fingerprint density at radius 2 is 1.93 bits per heavy atom. The van der Waals surface area contributed by atoms with Crippen molar-refractivity contribution in [1.29, 1.82) is 0 Å². The van der Waals surface area contributed by atoms with E-state index in [1.807, 2.05) is 0 Å². The van der Waals surface area contributed by atoms with Crippen LogP contribution in [-0.2, 0) is 4.79 Å². The summed E-state index contributed by atoms with van der Waals surface area (Å²) in [5, 5.41) is 1.89. The van der Waals surface area contributed by atoms with Crippen LogP contribution in [0, 0.1) is 5.92 Å². The molecule has 0 aliphatic carbocycles. The highest BCUT2D eigenvalue weighted by atomic mass is 35.5. The number of carbonyl (C=O) groups is 1. The van der Waals surface area contributed by atoms with Crippen molar-refractivity contribution in [2.75, 3.05) is 5.01 Å². The number of hydrogen-bond donors (Lipinski definition) is 1. The minimum atomic E-state index is -0.173. The number of nitrogens with zero attached hydrogens (tertiary/aromatic N) is 1. The number of hydrogen-bond acceptors (Lipinski definition) is 2. The van der Waals surface area contributed by atoms with E-state index in [0.717, 1.165) is 5.01 Å². The van der Waals surface area contributed by atoms with Gasteiger partial charge in [-0.25, -0.2) is 10.9 Å². The first-order valence-corrected chi connectivity index (χ1v) is 5.22. The Balaban J connectivity index is 2.97. The van der Waals surface area contributed by atoms with Gasteiger partial charge in [0.1, 0.15) is 0 Å². The van der Waals surface area contributed by atoms with Crippen LogP contribution in [0.4, 0.5) is 5.69 Å². The van der Waals surface area contributed by atoms with Gasteiger partial charge in [0.15, 0.2) is 0 Å². The molecule has 0 saturated carbocycles. The highest BCUT2D eigenvalue weighted by Crippen LogP contribution is 2.26. The van der Waals surface area contributed by atoms with Crippen molar-refractivity contribution in [3.05, 3.63) is 28.2 Å². The third kappa shape index (κ3) is 2.84. The van der Waals surface area contributed by atoms with Crippen molar-refractivity contribution < 1.29 is 4.79 Å². The summed E-state index contributed by atoms with van der Waals surface area (Å²) in [6.45, 7) is 3.55. The minimum Gasteiger partial charge on any atom is -0.273 e. The summed E-state index contributed by atoms with van der Waals surface area (Å²) in [5.74, 6) is 5.31. The number of hydrazine groups is 1. The second-order valence-electron chi connectivity index (χ2n) is 3.46. The topological polar surface area (TPSA) is 46.3 Å². The monoisotopic (exact) mass is 246 g/mol. The van der Waals surface area contributed by atoms with Gasteiger partial charge in [-0.15, -0.1) is 0 Å². The average molecular weight is 247 g/mol. The van der Waals surface area contributed by atoms with Gasteiger partial charge in [-0.1, -0.05) is 37.0 Å². The van der Waals surface area contributed by atoms with Gasteiger partial charge in [0, 0.05) is 5.92 Å². The number of rotatable bonds is 2. The lowest BCUT2D eigenvalue weighted by Gasteiger charge is -2.19. The van der Waals surface area contributed by atoms with E-state index in [4.69, 9.17) is 29.0 Å². The Bertz CT molecular complexity index is 380. The highest BCUT2D eigenvalue weighted by Gasteiger charge is 2.15. The van der Waals surface area contributed by atoms with Gasteiger partial charge in [-0.05, 0) is 18.2 Å². The van der Waals surface area contributed by atoms with Crippen LogP contribution in [0.3, 0.4) is 0 Å². The predicted molar refractivity (Wildman–Crippen MR) is 63.0 cm³/mol. The maximum absolute atomic E-state index is 11.6. The third-order valence-electron chi connectivity index (χ3n) is 1.91. The van der Waals surface area contributed by atoms with Crippen molar-refractivity contribution >= 4 is 34.8 Å². The first-order valence-electron chi connectivity index (χ1n) is 4.47. The van der Waals surface area contributed by atoms with Crippen molar-refractivity contribution in [3.63, 3.8) is 0 Å². The zero-order valence-electron chi connectivity index (χ0n) is 8.50. The number of halogens is 2. The lowest BCUT2D eigenvalue weighted by molar-refractivity contribution is -0.121. The van der Waals surface area contributed by atoms with Crippen LogP contribution >= 0.6 is 23.2 Å². The molecule has 5 heteroatoms. The Morgan fingerprint density at radius 1 is 1.33 bits per heavy atom. The fourth-order valence-corrected chi connectivity index (χ4v) is 1.33. The van der Waals surface area contributed by atoms with E-state index < -0.39 is 0 Å². The number of nitrogens with two attached hydrogens (primary N) is 1. The van der Waals surface area contributed by atoms with Crippen LogP contribution in [-0.4, -0.2) is 5.91 Å². The molecule has 0 heterocycles. The van der Waals surface area contributed by atoms with Crippen LogP contribution < -0.4 is 10.9 Å². The summed E-state index contributed by atoms with van der Waals surface area (Å²) in [6.07, 6.45) is 0. The Kier molecular flexibility index (Phi) is 3.97. The maximum Gasteiger partial charge on any atom is 0.243 e. The first-order chi connectivity index (χ1) is 6.93. The lowest BCUT2D eigenvalue weighted by atomic mass is 10.2. The summed E-state index contributed by atoms with van der Waals surface area (Å²) in [4.78, 5) is 11.6. The van der Waals surface area contributed by atoms with Crippen molar-refractivity contribution in [1.82, 2.24) is 0 Å². The van der Waals surface area contributed by atoms with Crippen LogP contribution in [0.25, 0.3) is 0 Å². The van der Waals surface area contributed by atoms with Crippen LogP contribution in [0.1, 0.15) is 13.8 Å².